The zero-order chi connectivity index (χ0) is 19.1. The van der Waals surface area contributed by atoms with E-state index in [4.69, 9.17) is 14.2 Å². The third kappa shape index (κ3) is 5.15. The minimum atomic E-state index is -0.251. The van der Waals surface area contributed by atoms with E-state index in [0.29, 0.717) is 30.4 Å². The molecule has 0 bridgehead atoms. The number of hydrogen-bond acceptors (Lipinski definition) is 4. The predicted octanol–water partition coefficient (Wildman–Crippen LogP) is 4.43. The summed E-state index contributed by atoms with van der Waals surface area (Å²) in [6.07, 6.45) is 0. The molecule has 140 valence electrons. The number of carbonyl (C=O) groups is 1. The van der Waals surface area contributed by atoms with Gasteiger partial charge in [-0.1, -0.05) is 17.7 Å². The van der Waals surface area contributed by atoms with Crippen molar-refractivity contribution in [1.82, 2.24) is 0 Å². The number of hydrogen-bond donors (Lipinski definition) is 1. The van der Waals surface area contributed by atoms with Crippen LogP contribution in [0.1, 0.15) is 30.5 Å². The lowest BCUT2D eigenvalue weighted by Gasteiger charge is -2.15. The molecule has 5 heteroatoms. The van der Waals surface area contributed by atoms with Crippen LogP contribution in [0.25, 0.3) is 0 Å². The van der Waals surface area contributed by atoms with Crippen molar-refractivity contribution in [3.8, 4) is 17.2 Å². The predicted molar refractivity (Wildman–Crippen MR) is 104 cm³/mol. The molecule has 2 aromatic carbocycles. The Labute approximate surface area is 155 Å². The molecule has 0 saturated heterocycles. The quantitative estimate of drug-likeness (QED) is 0.759. The largest absolute Gasteiger partial charge is 0.494 e. The van der Waals surface area contributed by atoms with Gasteiger partial charge in [0.25, 0.3) is 5.91 Å². The normalized spacial score (nSPS) is 10.3. The van der Waals surface area contributed by atoms with Crippen LogP contribution in [0.4, 0.5) is 5.69 Å². The van der Waals surface area contributed by atoms with E-state index in [1.165, 1.54) is 5.56 Å². The number of ether oxygens (including phenoxy) is 3. The fourth-order valence-electron chi connectivity index (χ4n) is 2.86. The van der Waals surface area contributed by atoms with Crippen molar-refractivity contribution in [3.63, 3.8) is 0 Å². The van der Waals surface area contributed by atoms with Crippen LogP contribution >= 0.6 is 0 Å². The van der Waals surface area contributed by atoms with Gasteiger partial charge in [-0.2, -0.15) is 0 Å². The molecule has 5 nitrogen and oxygen atoms in total. The third-order valence-corrected chi connectivity index (χ3v) is 3.79. The summed E-state index contributed by atoms with van der Waals surface area (Å²) >= 11 is 0. The molecule has 1 amide bonds. The van der Waals surface area contributed by atoms with Gasteiger partial charge >= 0.3 is 0 Å². The van der Waals surface area contributed by atoms with Gasteiger partial charge in [0, 0.05) is 6.07 Å². The maximum atomic E-state index is 12.4. The number of rotatable bonds is 8. The maximum absolute atomic E-state index is 12.4. The number of amides is 1. The van der Waals surface area contributed by atoms with Crippen LogP contribution in [0.15, 0.2) is 30.3 Å². The highest BCUT2D eigenvalue weighted by molar-refractivity contribution is 5.93. The van der Waals surface area contributed by atoms with Gasteiger partial charge in [0.15, 0.2) is 6.61 Å². The first-order chi connectivity index (χ1) is 12.4. The highest BCUT2D eigenvalue weighted by atomic mass is 16.5. The van der Waals surface area contributed by atoms with Crippen LogP contribution in [0.3, 0.4) is 0 Å². The smallest absolute Gasteiger partial charge is 0.262 e. The Bertz CT molecular complexity index is 748. The summed E-state index contributed by atoms with van der Waals surface area (Å²) in [6, 6.07) is 9.45. The summed E-state index contributed by atoms with van der Waals surface area (Å²) in [4.78, 5) is 12.4. The number of benzene rings is 2. The average Bonchev–Trinajstić information content (AvgIpc) is 2.56. The lowest BCUT2D eigenvalue weighted by molar-refractivity contribution is -0.118. The van der Waals surface area contributed by atoms with Gasteiger partial charge in [0.2, 0.25) is 0 Å². The molecule has 0 aromatic heterocycles. The highest BCUT2D eigenvalue weighted by Crippen LogP contribution is 2.30. The first-order valence-electron chi connectivity index (χ1n) is 8.84. The first-order valence-corrected chi connectivity index (χ1v) is 8.84. The molecule has 2 rings (SSSR count). The fraction of sp³-hybridized carbons (Fsp3) is 0.381. The van der Waals surface area contributed by atoms with Gasteiger partial charge in [-0.3, -0.25) is 4.79 Å². The Morgan fingerprint density at radius 2 is 1.58 bits per heavy atom. The summed E-state index contributed by atoms with van der Waals surface area (Å²) in [5, 5.41) is 2.85. The summed E-state index contributed by atoms with van der Waals surface area (Å²) < 4.78 is 16.8. The SMILES string of the molecule is CCOc1ccc(OCC)c(NC(=O)COc2c(C)cc(C)cc2C)c1. The van der Waals surface area contributed by atoms with Crippen LogP contribution in [0, 0.1) is 20.8 Å². The minimum Gasteiger partial charge on any atom is -0.494 e. The van der Waals surface area contributed by atoms with Gasteiger partial charge in [-0.05, 0) is 57.9 Å². The molecule has 0 heterocycles. The minimum absolute atomic E-state index is 0.0742. The number of carbonyl (C=O) groups excluding carboxylic acids is 1. The van der Waals surface area contributed by atoms with E-state index in [2.05, 4.69) is 5.32 Å². The molecule has 2 aromatic rings. The molecule has 0 atom stereocenters. The Kier molecular flexibility index (Phi) is 6.89. The van der Waals surface area contributed by atoms with Gasteiger partial charge < -0.3 is 19.5 Å². The summed E-state index contributed by atoms with van der Waals surface area (Å²) in [6.45, 7) is 10.8. The molecule has 26 heavy (non-hydrogen) atoms. The molecule has 0 aliphatic heterocycles. The second kappa shape index (κ2) is 9.13. The van der Waals surface area contributed by atoms with Crippen molar-refractivity contribution in [3.05, 3.63) is 47.0 Å². The van der Waals surface area contributed by atoms with Gasteiger partial charge in [-0.25, -0.2) is 0 Å². The summed E-state index contributed by atoms with van der Waals surface area (Å²) in [5.41, 5.74) is 3.78. The van der Waals surface area contributed by atoms with Crippen molar-refractivity contribution in [1.29, 1.82) is 0 Å². The van der Waals surface area contributed by atoms with Crippen molar-refractivity contribution >= 4 is 11.6 Å². The zero-order valence-corrected chi connectivity index (χ0v) is 16.1. The molecule has 0 aliphatic carbocycles. The lowest BCUT2D eigenvalue weighted by atomic mass is 10.1. The number of aryl methyl sites for hydroxylation is 3. The molecule has 0 spiro atoms. The van der Waals surface area contributed by atoms with Crippen LogP contribution in [0.5, 0.6) is 17.2 Å². The van der Waals surface area contributed by atoms with Crippen LogP contribution < -0.4 is 19.5 Å². The Morgan fingerprint density at radius 1 is 0.923 bits per heavy atom. The van der Waals surface area contributed by atoms with E-state index < -0.39 is 0 Å². The maximum Gasteiger partial charge on any atom is 0.262 e. The molecule has 1 N–H and O–H groups in total. The van der Waals surface area contributed by atoms with E-state index in [1.807, 2.05) is 52.8 Å². The first kappa shape index (κ1) is 19.6. The van der Waals surface area contributed by atoms with E-state index in [0.717, 1.165) is 16.9 Å². The van der Waals surface area contributed by atoms with Crippen LogP contribution in [-0.2, 0) is 4.79 Å². The van der Waals surface area contributed by atoms with Crippen LogP contribution in [-0.4, -0.2) is 25.7 Å². The molecule has 0 fully saturated rings. The van der Waals surface area contributed by atoms with E-state index in [9.17, 15) is 4.79 Å². The highest BCUT2D eigenvalue weighted by Gasteiger charge is 2.12. The standard InChI is InChI=1S/C21H27NO4/c1-6-24-17-8-9-19(25-7-2)18(12-17)22-20(23)13-26-21-15(4)10-14(3)11-16(21)5/h8-12H,6-7,13H2,1-5H3,(H,22,23). The van der Waals surface area contributed by atoms with Crippen molar-refractivity contribution in [2.75, 3.05) is 25.1 Å². The van der Waals surface area contributed by atoms with E-state index >= 15 is 0 Å². The Balaban J connectivity index is 2.08. The van der Waals surface area contributed by atoms with Gasteiger partial charge in [0.1, 0.15) is 17.2 Å². The van der Waals surface area contributed by atoms with Crippen molar-refractivity contribution in [2.24, 2.45) is 0 Å². The molecular formula is C21H27NO4. The summed E-state index contributed by atoms with van der Waals surface area (Å²) in [5.74, 6) is 1.78. The van der Waals surface area contributed by atoms with Crippen molar-refractivity contribution in [2.45, 2.75) is 34.6 Å². The van der Waals surface area contributed by atoms with Gasteiger partial charge in [-0.15, -0.1) is 0 Å². The molecule has 0 saturated carbocycles. The average molecular weight is 357 g/mol. The van der Waals surface area contributed by atoms with E-state index in [1.54, 1.807) is 12.1 Å². The molecule has 0 aliphatic rings. The third-order valence-electron chi connectivity index (χ3n) is 3.79. The molecule has 0 unspecified atom stereocenters. The molecular weight excluding hydrogens is 330 g/mol. The Morgan fingerprint density at radius 3 is 2.19 bits per heavy atom. The summed E-state index contributed by atoms with van der Waals surface area (Å²) in [7, 11) is 0. The van der Waals surface area contributed by atoms with Crippen molar-refractivity contribution < 1.29 is 19.0 Å². The topological polar surface area (TPSA) is 56.8 Å². The Hall–Kier alpha value is -2.69. The fourth-order valence-corrected chi connectivity index (χ4v) is 2.86. The monoisotopic (exact) mass is 357 g/mol. The van der Waals surface area contributed by atoms with E-state index in [-0.39, 0.29) is 12.5 Å². The zero-order valence-electron chi connectivity index (χ0n) is 16.1. The number of nitrogens with one attached hydrogen (secondary N) is 1. The van der Waals surface area contributed by atoms with Crippen LogP contribution in [0.2, 0.25) is 0 Å². The number of anilines is 1. The lowest BCUT2D eigenvalue weighted by Crippen LogP contribution is -2.21. The second-order valence-corrected chi connectivity index (χ2v) is 6.09. The molecule has 0 radical (unpaired) electrons. The second-order valence-electron chi connectivity index (χ2n) is 6.09. The van der Waals surface area contributed by atoms with Gasteiger partial charge in [0.05, 0.1) is 18.9 Å².